The number of nitrogens with two attached hydrogens (primary N) is 1. The highest BCUT2D eigenvalue weighted by atomic mass is 79.9. The van der Waals surface area contributed by atoms with Crippen molar-refractivity contribution >= 4 is 38.8 Å². The molecule has 0 unspecified atom stereocenters. The Balaban J connectivity index is 2.16. The summed E-state index contributed by atoms with van der Waals surface area (Å²) in [6.45, 7) is 2.48. The van der Waals surface area contributed by atoms with Gasteiger partial charge in [0.05, 0.1) is 24.1 Å². The number of thiocarbonyl (C=S) groups is 1. The summed E-state index contributed by atoms with van der Waals surface area (Å²) in [6, 6.07) is 5.73. The fourth-order valence-electron chi connectivity index (χ4n) is 1.57. The molecule has 0 bridgehead atoms. The van der Waals surface area contributed by atoms with Crippen LogP contribution in [0.15, 0.2) is 35.1 Å². The third kappa shape index (κ3) is 3.71. The molecule has 0 saturated heterocycles. The first-order valence-corrected chi connectivity index (χ1v) is 6.87. The molecule has 2 aromatic rings. The number of hydrogen-bond donors (Lipinski definition) is 2. The molecule has 1 aromatic heterocycles. The second kappa shape index (κ2) is 6.08. The Hall–Kier alpha value is -1.53. The van der Waals surface area contributed by atoms with Gasteiger partial charge in [0, 0.05) is 21.9 Å². The van der Waals surface area contributed by atoms with E-state index in [1.165, 1.54) is 0 Å². The smallest absolute Gasteiger partial charge is 0.106 e. The second-order valence-corrected chi connectivity index (χ2v) is 5.41. The van der Waals surface area contributed by atoms with Crippen LogP contribution in [0.25, 0.3) is 0 Å². The summed E-state index contributed by atoms with van der Waals surface area (Å²) >= 11 is 8.46. The Labute approximate surface area is 125 Å². The van der Waals surface area contributed by atoms with Gasteiger partial charge in [-0.25, -0.2) is 0 Å². The highest BCUT2D eigenvalue weighted by Crippen LogP contribution is 2.22. The highest BCUT2D eigenvalue weighted by molar-refractivity contribution is 9.10. The predicted molar refractivity (Wildman–Crippen MR) is 84.1 cm³/mol. The molecule has 0 aliphatic carbocycles. The van der Waals surface area contributed by atoms with E-state index in [1.807, 2.05) is 25.1 Å². The van der Waals surface area contributed by atoms with Crippen molar-refractivity contribution in [2.45, 2.75) is 13.5 Å². The molecule has 19 heavy (non-hydrogen) atoms. The van der Waals surface area contributed by atoms with Gasteiger partial charge in [-0.2, -0.15) is 0 Å². The molecular formula is C13H13BrN4S. The van der Waals surface area contributed by atoms with Gasteiger partial charge in [-0.15, -0.1) is 0 Å². The van der Waals surface area contributed by atoms with Gasteiger partial charge >= 0.3 is 0 Å². The topological polar surface area (TPSA) is 63.8 Å². The molecular weight excluding hydrogens is 324 g/mol. The van der Waals surface area contributed by atoms with E-state index < -0.39 is 0 Å². The van der Waals surface area contributed by atoms with Crippen LogP contribution < -0.4 is 11.1 Å². The summed E-state index contributed by atoms with van der Waals surface area (Å²) in [7, 11) is 0. The molecule has 1 heterocycles. The number of nitrogens with zero attached hydrogens (tertiary/aromatic N) is 2. The standard InChI is InChI=1S/C13H13BrN4S/c1-8-5-17-10(6-16-8)7-18-12-4-9(14)2-3-11(12)13(15)19/h2-6,18H,7H2,1H3,(H2,15,19). The molecule has 6 heteroatoms. The van der Waals surface area contributed by atoms with Crippen LogP contribution in [0.1, 0.15) is 17.0 Å². The van der Waals surface area contributed by atoms with Crippen LogP contribution in [0.2, 0.25) is 0 Å². The van der Waals surface area contributed by atoms with Crippen molar-refractivity contribution in [1.29, 1.82) is 0 Å². The third-order valence-electron chi connectivity index (χ3n) is 2.54. The first-order chi connectivity index (χ1) is 9.06. The van der Waals surface area contributed by atoms with Gasteiger partial charge in [-0.3, -0.25) is 9.97 Å². The summed E-state index contributed by atoms with van der Waals surface area (Å²) in [5.74, 6) is 0. The summed E-state index contributed by atoms with van der Waals surface area (Å²) in [5, 5.41) is 3.27. The van der Waals surface area contributed by atoms with Crippen LogP contribution in [0, 0.1) is 6.92 Å². The minimum Gasteiger partial charge on any atom is -0.389 e. The lowest BCUT2D eigenvalue weighted by Gasteiger charge is -2.11. The predicted octanol–water partition coefficient (Wildman–Crippen LogP) is 2.79. The van der Waals surface area contributed by atoms with Gasteiger partial charge < -0.3 is 11.1 Å². The van der Waals surface area contributed by atoms with Crippen molar-refractivity contribution in [1.82, 2.24) is 9.97 Å². The van der Waals surface area contributed by atoms with Crippen molar-refractivity contribution in [2.24, 2.45) is 5.73 Å². The molecule has 4 nitrogen and oxygen atoms in total. The van der Waals surface area contributed by atoms with E-state index in [9.17, 15) is 0 Å². The van der Waals surface area contributed by atoms with Crippen LogP contribution in [0.4, 0.5) is 5.69 Å². The lowest BCUT2D eigenvalue weighted by Crippen LogP contribution is -2.13. The maximum atomic E-state index is 5.70. The van der Waals surface area contributed by atoms with Gasteiger partial charge in [-0.05, 0) is 25.1 Å². The Morgan fingerprint density at radius 1 is 1.37 bits per heavy atom. The molecule has 0 radical (unpaired) electrons. The van der Waals surface area contributed by atoms with Gasteiger partial charge in [0.25, 0.3) is 0 Å². The average molecular weight is 337 g/mol. The maximum Gasteiger partial charge on any atom is 0.106 e. The zero-order valence-corrected chi connectivity index (χ0v) is 12.8. The molecule has 0 aliphatic heterocycles. The molecule has 3 N–H and O–H groups in total. The van der Waals surface area contributed by atoms with E-state index >= 15 is 0 Å². The number of aryl methyl sites for hydroxylation is 1. The first-order valence-electron chi connectivity index (χ1n) is 5.67. The molecule has 0 aliphatic rings. The van der Waals surface area contributed by atoms with E-state index in [0.717, 1.165) is 27.1 Å². The normalized spacial score (nSPS) is 10.2. The Bertz CT molecular complexity index is 598. The van der Waals surface area contributed by atoms with Crippen molar-refractivity contribution in [2.75, 3.05) is 5.32 Å². The monoisotopic (exact) mass is 336 g/mol. The van der Waals surface area contributed by atoms with E-state index in [1.54, 1.807) is 12.4 Å². The molecule has 0 atom stereocenters. The summed E-state index contributed by atoms with van der Waals surface area (Å²) in [6.07, 6.45) is 3.49. The zero-order valence-electron chi connectivity index (χ0n) is 10.4. The molecule has 0 amide bonds. The van der Waals surface area contributed by atoms with E-state index in [-0.39, 0.29) is 0 Å². The van der Waals surface area contributed by atoms with Crippen LogP contribution in [-0.4, -0.2) is 15.0 Å². The highest BCUT2D eigenvalue weighted by Gasteiger charge is 2.06. The van der Waals surface area contributed by atoms with E-state index in [4.69, 9.17) is 18.0 Å². The number of anilines is 1. The minimum absolute atomic E-state index is 0.366. The molecule has 98 valence electrons. The van der Waals surface area contributed by atoms with Crippen LogP contribution in [0.3, 0.4) is 0 Å². The van der Waals surface area contributed by atoms with Crippen molar-refractivity contribution in [3.05, 3.63) is 52.0 Å². The molecule has 2 rings (SSSR count). The van der Waals surface area contributed by atoms with Crippen LogP contribution in [-0.2, 0) is 6.54 Å². The Morgan fingerprint density at radius 3 is 2.79 bits per heavy atom. The lowest BCUT2D eigenvalue weighted by molar-refractivity contribution is 0.984. The van der Waals surface area contributed by atoms with Gasteiger partial charge in [0.1, 0.15) is 4.99 Å². The molecule has 0 fully saturated rings. The Kier molecular flexibility index (Phi) is 4.44. The number of nitrogens with one attached hydrogen (secondary N) is 1. The van der Waals surface area contributed by atoms with Gasteiger partial charge in [-0.1, -0.05) is 28.1 Å². The van der Waals surface area contributed by atoms with Crippen molar-refractivity contribution in [3.8, 4) is 0 Å². The number of hydrogen-bond acceptors (Lipinski definition) is 4. The third-order valence-corrected chi connectivity index (χ3v) is 3.25. The summed E-state index contributed by atoms with van der Waals surface area (Å²) in [5.41, 5.74) is 9.16. The minimum atomic E-state index is 0.366. The van der Waals surface area contributed by atoms with Crippen molar-refractivity contribution in [3.63, 3.8) is 0 Å². The maximum absolute atomic E-state index is 5.70. The summed E-state index contributed by atoms with van der Waals surface area (Å²) < 4.78 is 0.963. The number of halogens is 1. The van der Waals surface area contributed by atoms with E-state index in [2.05, 4.69) is 31.2 Å². The van der Waals surface area contributed by atoms with Gasteiger partial charge in [0.15, 0.2) is 0 Å². The number of aromatic nitrogens is 2. The van der Waals surface area contributed by atoms with Gasteiger partial charge in [0.2, 0.25) is 0 Å². The van der Waals surface area contributed by atoms with E-state index in [0.29, 0.717) is 11.5 Å². The zero-order chi connectivity index (χ0) is 13.8. The number of rotatable bonds is 4. The summed E-state index contributed by atoms with van der Waals surface area (Å²) in [4.78, 5) is 8.86. The van der Waals surface area contributed by atoms with Crippen LogP contribution >= 0.6 is 28.1 Å². The fourth-order valence-corrected chi connectivity index (χ4v) is 2.11. The lowest BCUT2D eigenvalue weighted by atomic mass is 10.1. The number of benzene rings is 1. The largest absolute Gasteiger partial charge is 0.389 e. The second-order valence-electron chi connectivity index (χ2n) is 4.06. The molecule has 1 aromatic carbocycles. The quantitative estimate of drug-likeness (QED) is 0.840. The first kappa shape index (κ1) is 13.9. The average Bonchev–Trinajstić information content (AvgIpc) is 2.38. The molecule has 0 spiro atoms. The SMILES string of the molecule is Cc1cnc(CNc2cc(Br)ccc2C(N)=S)cn1. The van der Waals surface area contributed by atoms with Crippen LogP contribution in [0.5, 0.6) is 0 Å². The fraction of sp³-hybridized carbons (Fsp3) is 0.154. The Morgan fingerprint density at radius 2 is 2.16 bits per heavy atom. The van der Waals surface area contributed by atoms with Crippen molar-refractivity contribution < 1.29 is 0 Å². The molecule has 0 saturated carbocycles.